The minimum Gasteiger partial charge on any atom is -0.507 e. The number of aryl methyl sites for hydroxylation is 2. The maximum Gasteiger partial charge on any atom is 0.394 e. The first kappa shape index (κ1) is 22.1. The smallest absolute Gasteiger partial charge is 0.394 e. The maximum absolute atomic E-state index is 12.9. The van der Waals surface area contributed by atoms with E-state index in [1.54, 1.807) is 44.0 Å². The number of carboxylic acids is 1. The van der Waals surface area contributed by atoms with E-state index in [0.29, 0.717) is 28.3 Å². The Morgan fingerprint density at radius 3 is 2.26 bits per heavy atom. The Labute approximate surface area is 180 Å². The summed E-state index contributed by atoms with van der Waals surface area (Å²) in [6.45, 7) is 3.53. The monoisotopic (exact) mass is 426 g/mol. The fourth-order valence-electron chi connectivity index (χ4n) is 3.88. The molecular weight excluding hydrogens is 400 g/mol. The highest BCUT2D eigenvalue weighted by molar-refractivity contribution is 6.36. The average Bonchev–Trinajstić information content (AvgIpc) is 3.25. The number of phenols is 1. The van der Waals surface area contributed by atoms with E-state index in [-0.39, 0.29) is 23.3 Å². The Bertz CT molecular complexity index is 1000. The van der Waals surface area contributed by atoms with E-state index in [4.69, 9.17) is 9.84 Å². The molecule has 0 aromatic heterocycles. The predicted octanol–water partition coefficient (Wildman–Crippen LogP) is 3.84. The number of hydrogen-bond donors (Lipinski definition) is 3. The number of amides is 2. The van der Waals surface area contributed by atoms with Gasteiger partial charge >= 0.3 is 11.9 Å². The zero-order valence-corrected chi connectivity index (χ0v) is 17.8. The minimum absolute atomic E-state index is 0.109. The Morgan fingerprint density at radius 2 is 1.68 bits per heavy atom. The SMILES string of the molecule is Cc1cc(NC(=O)C(=O)O)cc(C)c1Oc1ccc(O)c(C(=O)N(C)C2CCCC2)c1. The number of aromatic hydroxyl groups is 1. The molecule has 2 aromatic rings. The lowest BCUT2D eigenvalue weighted by Gasteiger charge is -2.25. The van der Waals surface area contributed by atoms with Crippen LogP contribution in [0.3, 0.4) is 0 Å². The van der Waals surface area contributed by atoms with E-state index < -0.39 is 11.9 Å². The van der Waals surface area contributed by atoms with Gasteiger partial charge in [-0.1, -0.05) is 12.8 Å². The molecule has 0 radical (unpaired) electrons. The fourth-order valence-corrected chi connectivity index (χ4v) is 3.88. The number of carbonyl (C=O) groups is 3. The van der Waals surface area contributed by atoms with Crippen molar-refractivity contribution >= 4 is 23.5 Å². The molecule has 8 nitrogen and oxygen atoms in total. The van der Waals surface area contributed by atoms with E-state index in [2.05, 4.69) is 5.32 Å². The number of carboxylic acid groups (broad SMARTS) is 1. The molecule has 1 aliphatic carbocycles. The van der Waals surface area contributed by atoms with Gasteiger partial charge in [-0.2, -0.15) is 0 Å². The highest BCUT2D eigenvalue weighted by Crippen LogP contribution is 2.34. The Kier molecular flexibility index (Phi) is 6.48. The van der Waals surface area contributed by atoms with Crippen molar-refractivity contribution in [3.63, 3.8) is 0 Å². The van der Waals surface area contributed by atoms with E-state index in [9.17, 15) is 19.5 Å². The van der Waals surface area contributed by atoms with Crippen LogP contribution < -0.4 is 10.1 Å². The van der Waals surface area contributed by atoms with Gasteiger partial charge in [0.15, 0.2) is 0 Å². The molecule has 1 fully saturated rings. The molecule has 8 heteroatoms. The summed E-state index contributed by atoms with van der Waals surface area (Å²) in [5, 5.41) is 21.3. The van der Waals surface area contributed by atoms with Gasteiger partial charge in [0.1, 0.15) is 17.2 Å². The molecule has 0 saturated heterocycles. The van der Waals surface area contributed by atoms with Gasteiger partial charge in [-0.3, -0.25) is 9.59 Å². The van der Waals surface area contributed by atoms with Crippen LogP contribution in [0.4, 0.5) is 5.69 Å². The van der Waals surface area contributed by atoms with Gasteiger partial charge in [0.05, 0.1) is 5.56 Å². The van der Waals surface area contributed by atoms with Crippen molar-refractivity contribution in [1.29, 1.82) is 0 Å². The highest BCUT2D eigenvalue weighted by Gasteiger charge is 2.26. The van der Waals surface area contributed by atoms with Gasteiger partial charge in [0, 0.05) is 18.8 Å². The summed E-state index contributed by atoms with van der Waals surface area (Å²) in [6.07, 6.45) is 4.11. The van der Waals surface area contributed by atoms with Gasteiger partial charge in [-0.15, -0.1) is 0 Å². The fraction of sp³-hybridized carbons (Fsp3) is 0.348. The van der Waals surface area contributed by atoms with E-state index in [0.717, 1.165) is 25.7 Å². The second-order valence-corrected chi connectivity index (χ2v) is 7.83. The van der Waals surface area contributed by atoms with Crippen molar-refractivity contribution in [3.05, 3.63) is 47.0 Å². The summed E-state index contributed by atoms with van der Waals surface area (Å²) in [5.74, 6) is -2.16. The Morgan fingerprint density at radius 1 is 1.06 bits per heavy atom. The van der Waals surface area contributed by atoms with Crippen LogP contribution in [0.1, 0.15) is 47.2 Å². The highest BCUT2D eigenvalue weighted by atomic mass is 16.5. The van der Waals surface area contributed by atoms with Crippen LogP contribution in [0.2, 0.25) is 0 Å². The predicted molar refractivity (Wildman–Crippen MR) is 115 cm³/mol. The van der Waals surface area contributed by atoms with Gasteiger partial charge in [0.25, 0.3) is 5.91 Å². The third-order valence-corrected chi connectivity index (χ3v) is 5.52. The number of nitrogens with zero attached hydrogens (tertiary/aromatic N) is 1. The number of aliphatic carboxylic acids is 1. The molecule has 0 spiro atoms. The van der Waals surface area contributed by atoms with Gasteiger partial charge in [0.2, 0.25) is 0 Å². The molecule has 1 saturated carbocycles. The number of nitrogens with one attached hydrogen (secondary N) is 1. The summed E-state index contributed by atoms with van der Waals surface area (Å²) in [4.78, 5) is 36.7. The molecule has 3 rings (SSSR count). The molecule has 3 N–H and O–H groups in total. The topological polar surface area (TPSA) is 116 Å². The molecule has 0 atom stereocenters. The molecule has 164 valence electrons. The first-order valence-corrected chi connectivity index (χ1v) is 10.1. The first-order valence-electron chi connectivity index (χ1n) is 10.1. The van der Waals surface area contributed by atoms with Crippen molar-refractivity contribution < 1.29 is 29.3 Å². The molecule has 2 amide bonds. The van der Waals surface area contributed by atoms with Crippen molar-refractivity contribution in [1.82, 2.24) is 4.90 Å². The van der Waals surface area contributed by atoms with Crippen LogP contribution in [0.25, 0.3) is 0 Å². The summed E-state index contributed by atoms with van der Waals surface area (Å²) >= 11 is 0. The van der Waals surface area contributed by atoms with Gasteiger partial charge < -0.3 is 25.2 Å². The molecule has 31 heavy (non-hydrogen) atoms. The standard InChI is InChI=1S/C23H26N2O6/c1-13-10-15(24-21(27)23(29)30)11-14(2)20(13)31-17-8-9-19(26)18(12-17)22(28)25(3)16-6-4-5-7-16/h8-12,16,26H,4-7H2,1-3H3,(H,24,27)(H,29,30). The van der Waals surface area contributed by atoms with Crippen molar-refractivity contribution in [3.8, 4) is 17.2 Å². The van der Waals surface area contributed by atoms with Crippen molar-refractivity contribution in [2.45, 2.75) is 45.6 Å². The van der Waals surface area contributed by atoms with E-state index in [1.165, 1.54) is 12.1 Å². The number of carbonyl (C=O) groups excluding carboxylic acids is 2. The van der Waals surface area contributed by atoms with Crippen LogP contribution >= 0.6 is 0 Å². The summed E-state index contributed by atoms with van der Waals surface area (Å²) in [6, 6.07) is 7.89. The zero-order chi connectivity index (χ0) is 22.7. The second-order valence-electron chi connectivity index (χ2n) is 7.83. The largest absolute Gasteiger partial charge is 0.507 e. The van der Waals surface area contributed by atoms with Crippen molar-refractivity contribution in [2.75, 3.05) is 12.4 Å². The Hall–Kier alpha value is -3.55. The lowest BCUT2D eigenvalue weighted by Crippen LogP contribution is -2.35. The number of anilines is 1. The number of hydrogen-bond acceptors (Lipinski definition) is 5. The zero-order valence-electron chi connectivity index (χ0n) is 17.8. The average molecular weight is 426 g/mol. The minimum atomic E-state index is -1.57. The summed E-state index contributed by atoms with van der Waals surface area (Å²) in [7, 11) is 1.75. The van der Waals surface area contributed by atoms with Crippen LogP contribution in [-0.4, -0.2) is 46.0 Å². The first-order chi connectivity index (χ1) is 14.7. The number of ether oxygens (including phenoxy) is 1. The molecule has 2 aromatic carbocycles. The quantitative estimate of drug-likeness (QED) is 0.626. The van der Waals surface area contributed by atoms with Crippen LogP contribution in [-0.2, 0) is 9.59 Å². The normalized spacial score (nSPS) is 13.6. The molecule has 1 aliphatic rings. The third kappa shape index (κ3) is 4.96. The molecule has 0 aliphatic heterocycles. The van der Waals surface area contributed by atoms with E-state index >= 15 is 0 Å². The lowest BCUT2D eigenvalue weighted by atomic mass is 10.1. The molecular formula is C23H26N2O6. The lowest BCUT2D eigenvalue weighted by molar-refractivity contribution is -0.147. The number of benzene rings is 2. The second kappa shape index (κ2) is 9.07. The Balaban J connectivity index is 1.83. The third-order valence-electron chi connectivity index (χ3n) is 5.52. The van der Waals surface area contributed by atoms with Crippen molar-refractivity contribution in [2.24, 2.45) is 0 Å². The van der Waals surface area contributed by atoms with Gasteiger partial charge in [-0.05, 0) is 68.1 Å². The number of rotatable bonds is 5. The van der Waals surface area contributed by atoms with Crippen LogP contribution in [0.5, 0.6) is 17.2 Å². The molecule has 0 unspecified atom stereocenters. The van der Waals surface area contributed by atoms with Crippen LogP contribution in [0, 0.1) is 13.8 Å². The summed E-state index contributed by atoms with van der Waals surface area (Å²) < 4.78 is 5.99. The molecule has 0 heterocycles. The maximum atomic E-state index is 12.9. The van der Waals surface area contributed by atoms with Crippen LogP contribution in [0.15, 0.2) is 30.3 Å². The number of phenolic OH excluding ortho intramolecular Hbond substituents is 1. The molecule has 0 bridgehead atoms. The van der Waals surface area contributed by atoms with Gasteiger partial charge in [-0.25, -0.2) is 4.79 Å². The van der Waals surface area contributed by atoms with E-state index in [1.807, 2.05) is 0 Å². The summed E-state index contributed by atoms with van der Waals surface area (Å²) in [5.41, 5.74) is 1.86.